The van der Waals surface area contributed by atoms with Crippen molar-refractivity contribution in [2.24, 2.45) is 13.0 Å². The molecule has 2 aromatic rings. The van der Waals surface area contributed by atoms with Crippen molar-refractivity contribution in [3.05, 3.63) is 48.1 Å². The van der Waals surface area contributed by atoms with Crippen LogP contribution in [-0.4, -0.2) is 29.2 Å². The average Bonchev–Trinajstić information content (AvgIpc) is 3.12. The number of hydrogen-bond donors (Lipinski definition) is 1. The van der Waals surface area contributed by atoms with Crippen LogP contribution >= 0.6 is 0 Å². The van der Waals surface area contributed by atoms with Gasteiger partial charge in [0, 0.05) is 51.2 Å². The van der Waals surface area contributed by atoms with E-state index in [-0.39, 0.29) is 0 Å². The van der Waals surface area contributed by atoms with Crippen molar-refractivity contribution in [2.45, 2.75) is 13.0 Å². The average molecular weight is 306 g/mol. The molecule has 0 saturated carbocycles. The lowest BCUT2D eigenvalue weighted by atomic mass is 10.1. The molecule has 118 valence electrons. The summed E-state index contributed by atoms with van der Waals surface area (Å²) in [6.07, 6.45) is 4.70. The van der Waals surface area contributed by atoms with Gasteiger partial charge in [0.1, 0.15) is 0 Å². The van der Waals surface area contributed by atoms with Crippen molar-refractivity contribution in [1.29, 1.82) is 0 Å². The summed E-state index contributed by atoms with van der Waals surface area (Å²) in [5.41, 5.74) is 1.91. The molecule has 1 saturated heterocycles. The third-order valence-electron chi connectivity index (χ3n) is 4.21. The number of aryl methyl sites for hydroxylation is 1. The minimum atomic E-state index is -0.794. The Morgan fingerprint density at radius 1 is 1.32 bits per heavy atom. The number of rotatable bonds is 5. The van der Waals surface area contributed by atoms with E-state index in [2.05, 4.69) is 15.2 Å². The molecular weight excluding hydrogens is 286 g/mol. The standard InChI is InChI=1S/C16H20F2N4/c1-21-11-20-9-14(21)8-19-7-12-4-5-22(10-12)13-2-3-15(17)16(18)6-13/h2-3,6,9,11-12,19H,4-5,7-8,10H2,1H3. The molecule has 0 aliphatic carbocycles. The van der Waals surface area contributed by atoms with Crippen LogP contribution in [0.1, 0.15) is 12.1 Å². The van der Waals surface area contributed by atoms with Crippen LogP contribution in [0.15, 0.2) is 30.7 Å². The molecule has 1 aliphatic rings. The van der Waals surface area contributed by atoms with Gasteiger partial charge in [-0.15, -0.1) is 0 Å². The second-order valence-corrected chi connectivity index (χ2v) is 5.83. The summed E-state index contributed by atoms with van der Waals surface area (Å²) in [4.78, 5) is 6.20. The zero-order chi connectivity index (χ0) is 15.5. The van der Waals surface area contributed by atoms with Gasteiger partial charge in [0.05, 0.1) is 12.0 Å². The first kappa shape index (κ1) is 15.0. The molecule has 3 rings (SSSR count). The second kappa shape index (κ2) is 6.44. The van der Waals surface area contributed by atoms with Crippen LogP contribution in [0, 0.1) is 17.6 Å². The molecule has 1 fully saturated rings. The maximum Gasteiger partial charge on any atom is 0.160 e. The van der Waals surface area contributed by atoms with E-state index in [1.165, 1.54) is 12.1 Å². The van der Waals surface area contributed by atoms with Crippen LogP contribution in [0.25, 0.3) is 0 Å². The Bertz CT molecular complexity index is 641. The number of imidazole rings is 1. The quantitative estimate of drug-likeness (QED) is 0.920. The number of nitrogens with one attached hydrogen (secondary N) is 1. The molecule has 1 atom stereocenters. The lowest BCUT2D eigenvalue weighted by Crippen LogP contribution is -2.26. The van der Waals surface area contributed by atoms with Gasteiger partial charge in [0.25, 0.3) is 0 Å². The number of halogens is 2. The molecule has 1 unspecified atom stereocenters. The highest BCUT2D eigenvalue weighted by Crippen LogP contribution is 2.25. The topological polar surface area (TPSA) is 33.1 Å². The molecule has 1 aromatic heterocycles. The summed E-state index contributed by atoms with van der Waals surface area (Å²) in [5.74, 6) is -1.06. The third kappa shape index (κ3) is 3.27. The summed E-state index contributed by atoms with van der Waals surface area (Å²) in [7, 11) is 1.98. The fraction of sp³-hybridized carbons (Fsp3) is 0.438. The van der Waals surface area contributed by atoms with Crippen LogP contribution in [0.4, 0.5) is 14.5 Å². The van der Waals surface area contributed by atoms with E-state index in [9.17, 15) is 8.78 Å². The van der Waals surface area contributed by atoms with Gasteiger partial charge in [-0.1, -0.05) is 0 Å². The highest BCUT2D eigenvalue weighted by atomic mass is 19.2. The molecule has 0 amide bonds. The molecule has 6 heteroatoms. The Labute approximate surface area is 128 Å². The molecular formula is C16H20F2N4. The summed E-state index contributed by atoms with van der Waals surface area (Å²) in [6.45, 7) is 3.44. The Morgan fingerprint density at radius 2 is 2.18 bits per heavy atom. The lowest BCUT2D eigenvalue weighted by Gasteiger charge is -2.19. The summed E-state index contributed by atoms with van der Waals surface area (Å²) in [5, 5.41) is 3.44. The van der Waals surface area contributed by atoms with E-state index >= 15 is 0 Å². The molecule has 2 heterocycles. The number of hydrogen-bond acceptors (Lipinski definition) is 3. The second-order valence-electron chi connectivity index (χ2n) is 5.83. The molecule has 0 spiro atoms. The number of benzene rings is 1. The normalized spacial score (nSPS) is 18.1. The maximum atomic E-state index is 13.3. The van der Waals surface area contributed by atoms with Crippen LogP contribution < -0.4 is 10.2 Å². The van der Waals surface area contributed by atoms with Crippen molar-refractivity contribution in [3.63, 3.8) is 0 Å². The highest BCUT2D eigenvalue weighted by molar-refractivity contribution is 5.47. The maximum absolute atomic E-state index is 13.3. The summed E-state index contributed by atoms with van der Waals surface area (Å²) >= 11 is 0. The van der Waals surface area contributed by atoms with Gasteiger partial charge in [-0.25, -0.2) is 13.8 Å². The Morgan fingerprint density at radius 3 is 2.91 bits per heavy atom. The minimum absolute atomic E-state index is 0.515. The van der Waals surface area contributed by atoms with E-state index in [4.69, 9.17) is 0 Å². The smallest absolute Gasteiger partial charge is 0.160 e. The third-order valence-corrected chi connectivity index (χ3v) is 4.21. The van der Waals surface area contributed by atoms with Crippen molar-refractivity contribution in [3.8, 4) is 0 Å². The molecule has 0 radical (unpaired) electrons. The fourth-order valence-corrected chi connectivity index (χ4v) is 2.87. The van der Waals surface area contributed by atoms with Crippen molar-refractivity contribution in [1.82, 2.24) is 14.9 Å². The fourth-order valence-electron chi connectivity index (χ4n) is 2.87. The Kier molecular flexibility index (Phi) is 4.38. The van der Waals surface area contributed by atoms with Crippen molar-refractivity contribution >= 4 is 5.69 Å². The summed E-state index contributed by atoms with van der Waals surface area (Å²) < 4.78 is 28.3. The lowest BCUT2D eigenvalue weighted by molar-refractivity contribution is 0.506. The summed E-state index contributed by atoms with van der Waals surface area (Å²) in [6, 6.07) is 4.11. The molecule has 4 nitrogen and oxygen atoms in total. The van der Waals surface area contributed by atoms with Gasteiger partial charge in [-0.2, -0.15) is 0 Å². The molecule has 1 aromatic carbocycles. The first-order valence-electron chi connectivity index (χ1n) is 7.49. The zero-order valence-electron chi connectivity index (χ0n) is 12.6. The first-order chi connectivity index (χ1) is 10.6. The van der Waals surface area contributed by atoms with Crippen LogP contribution in [0.2, 0.25) is 0 Å². The minimum Gasteiger partial charge on any atom is -0.371 e. The number of nitrogens with zero attached hydrogens (tertiary/aromatic N) is 3. The molecule has 22 heavy (non-hydrogen) atoms. The van der Waals surface area contributed by atoms with Gasteiger partial charge in [-0.05, 0) is 24.5 Å². The van der Waals surface area contributed by atoms with Crippen molar-refractivity contribution in [2.75, 3.05) is 24.5 Å². The van der Waals surface area contributed by atoms with Crippen molar-refractivity contribution < 1.29 is 8.78 Å². The first-order valence-corrected chi connectivity index (χ1v) is 7.49. The van der Waals surface area contributed by atoms with Gasteiger partial charge < -0.3 is 14.8 Å². The van der Waals surface area contributed by atoms with Gasteiger partial charge in [0.15, 0.2) is 11.6 Å². The SMILES string of the molecule is Cn1cncc1CNCC1CCN(c2ccc(F)c(F)c2)C1. The Balaban J connectivity index is 1.49. The Hall–Kier alpha value is -1.95. The molecule has 0 bridgehead atoms. The number of anilines is 1. The zero-order valence-corrected chi connectivity index (χ0v) is 12.6. The van der Waals surface area contributed by atoms with Crippen LogP contribution in [-0.2, 0) is 13.6 Å². The monoisotopic (exact) mass is 306 g/mol. The van der Waals surface area contributed by atoms with Crippen LogP contribution in [0.3, 0.4) is 0 Å². The van der Waals surface area contributed by atoms with Gasteiger partial charge in [0.2, 0.25) is 0 Å². The van der Waals surface area contributed by atoms with Gasteiger partial charge in [-0.3, -0.25) is 0 Å². The van der Waals surface area contributed by atoms with E-state index < -0.39 is 11.6 Å². The van der Waals surface area contributed by atoms with Crippen LogP contribution in [0.5, 0.6) is 0 Å². The predicted molar refractivity (Wildman–Crippen MR) is 81.6 cm³/mol. The molecule has 1 N–H and O–H groups in total. The number of aromatic nitrogens is 2. The van der Waals surface area contributed by atoms with E-state index in [0.29, 0.717) is 5.92 Å². The largest absolute Gasteiger partial charge is 0.371 e. The van der Waals surface area contributed by atoms with E-state index in [1.54, 1.807) is 12.4 Å². The van der Waals surface area contributed by atoms with E-state index in [0.717, 1.165) is 44.0 Å². The highest BCUT2D eigenvalue weighted by Gasteiger charge is 2.23. The van der Waals surface area contributed by atoms with E-state index in [1.807, 2.05) is 17.8 Å². The predicted octanol–water partition coefficient (Wildman–Crippen LogP) is 2.31. The molecule has 1 aliphatic heterocycles. The van der Waals surface area contributed by atoms with Gasteiger partial charge >= 0.3 is 0 Å².